The highest BCUT2D eigenvalue weighted by molar-refractivity contribution is 6.64. The van der Waals surface area contributed by atoms with Crippen LogP contribution >= 0.6 is 11.6 Å². The first-order chi connectivity index (χ1) is 7.43. The lowest BCUT2D eigenvalue weighted by Gasteiger charge is -2.21. The fraction of sp³-hybridized carbons (Fsp3) is 0.750. The van der Waals surface area contributed by atoms with Crippen LogP contribution in [0.15, 0.2) is 16.9 Å². The van der Waals surface area contributed by atoms with Gasteiger partial charge in [-0.1, -0.05) is 25.4 Å². The van der Waals surface area contributed by atoms with Gasteiger partial charge < -0.3 is 9.80 Å². The standard InChI is InChI=1S/C10H20ClN3.C2H6/c1-9(8-12-10(2)11)14(5)7-6-13(3)4;1-2/h8H,6-7H2,1-5H3;1-2H3/b9-8+,12-10?;. The topological polar surface area (TPSA) is 18.8 Å². The molecule has 4 heteroatoms. The van der Waals surface area contributed by atoms with Crippen LogP contribution in [0.1, 0.15) is 27.7 Å². The molecule has 0 aromatic heterocycles. The zero-order valence-corrected chi connectivity index (χ0v) is 12.5. The van der Waals surface area contributed by atoms with E-state index in [4.69, 9.17) is 11.6 Å². The monoisotopic (exact) mass is 247 g/mol. The molecule has 0 fully saturated rings. The Morgan fingerprint density at radius 1 is 1.12 bits per heavy atom. The van der Waals surface area contributed by atoms with Crippen molar-refractivity contribution in [3.63, 3.8) is 0 Å². The fourth-order valence-electron chi connectivity index (χ4n) is 0.807. The predicted molar refractivity (Wildman–Crippen MR) is 75.3 cm³/mol. The third-order valence-electron chi connectivity index (χ3n) is 1.91. The average molecular weight is 248 g/mol. The molecule has 0 saturated carbocycles. The van der Waals surface area contributed by atoms with Crippen molar-refractivity contribution >= 4 is 16.8 Å². The van der Waals surface area contributed by atoms with Crippen molar-refractivity contribution in [2.75, 3.05) is 34.2 Å². The molecule has 16 heavy (non-hydrogen) atoms. The largest absolute Gasteiger partial charge is 0.376 e. The van der Waals surface area contributed by atoms with E-state index in [0.717, 1.165) is 18.8 Å². The van der Waals surface area contributed by atoms with Crippen molar-refractivity contribution < 1.29 is 0 Å². The minimum Gasteiger partial charge on any atom is -0.376 e. The molecular formula is C12H26ClN3. The molecule has 0 heterocycles. The smallest absolute Gasteiger partial charge is 0.103 e. The predicted octanol–water partition coefficient (Wildman–Crippen LogP) is 3.02. The third-order valence-corrected chi connectivity index (χ3v) is 2.01. The van der Waals surface area contributed by atoms with Gasteiger partial charge in [-0.3, -0.25) is 0 Å². The number of rotatable bonds is 5. The van der Waals surface area contributed by atoms with E-state index in [2.05, 4.69) is 35.9 Å². The van der Waals surface area contributed by atoms with Gasteiger partial charge in [0.1, 0.15) is 5.17 Å². The van der Waals surface area contributed by atoms with E-state index in [0.29, 0.717) is 5.17 Å². The van der Waals surface area contributed by atoms with Gasteiger partial charge in [0.15, 0.2) is 0 Å². The number of nitrogens with zero attached hydrogens (tertiary/aromatic N) is 3. The molecule has 0 spiro atoms. The fourth-order valence-corrected chi connectivity index (χ4v) is 0.856. The molecule has 0 aliphatic heterocycles. The Kier molecular flexibility index (Phi) is 12.2. The molecule has 96 valence electrons. The van der Waals surface area contributed by atoms with E-state index in [1.807, 2.05) is 20.8 Å². The maximum Gasteiger partial charge on any atom is 0.103 e. The minimum absolute atomic E-state index is 0.561. The normalized spacial score (nSPS) is 12.3. The lowest BCUT2D eigenvalue weighted by Crippen LogP contribution is -2.27. The van der Waals surface area contributed by atoms with Gasteiger partial charge in [0.05, 0.1) is 0 Å². The van der Waals surface area contributed by atoms with Crippen LogP contribution < -0.4 is 0 Å². The number of halogens is 1. The van der Waals surface area contributed by atoms with Gasteiger partial charge in [-0.05, 0) is 27.9 Å². The van der Waals surface area contributed by atoms with Crippen molar-refractivity contribution in [2.45, 2.75) is 27.7 Å². The number of likely N-dealkylation sites (N-methyl/N-ethyl adjacent to an activating group) is 2. The number of aliphatic imine (C=N–C) groups is 1. The van der Waals surface area contributed by atoms with Crippen molar-refractivity contribution in [1.82, 2.24) is 9.80 Å². The van der Waals surface area contributed by atoms with Crippen LogP contribution in [0, 0.1) is 0 Å². The second kappa shape index (κ2) is 11.0. The summed E-state index contributed by atoms with van der Waals surface area (Å²) in [5.74, 6) is 0. The van der Waals surface area contributed by atoms with Gasteiger partial charge in [0.25, 0.3) is 0 Å². The van der Waals surface area contributed by atoms with Crippen molar-refractivity contribution in [3.8, 4) is 0 Å². The number of allylic oxidation sites excluding steroid dienone is 1. The van der Waals surface area contributed by atoms with E-state index >= 15 is 0 Å². The minimum atomic E-state index is 0.561. The molecule has 0 N–H and O–H groups in total. The van der Waals surface area contributed by atoms with E-state index in [-0.39, 0.29) is 0 Å². The van der Waals surface area contributed by atoms with Gasteiger partial charge in [-0.15, -0.1) is 0 Å². The van der Waals surface area contributed by atoms with E-state index in [9.17, 15) is 0 Å². The molecule has 0 radical (unpaired) electrons. The Morgan fingerprint density at radius 3 is 2.00 bits per heavy atom. The van der Waals surface area contributed by atoms with Crippen LogP contribution in [0.3, 0.4) is 0 Å². The maximum absolute atomic E-state index is 5.63. The van der Waals surface area contributed by atoms with E-state index in [1.165, 1.54) is 0 Å². The molecule has 0 aliphatic carbocycles. The second-order valence-electron chi connectivity index (χ2n) is 3.62. The summed E-state index contributed by atoms with van der Waals surface area (Å²) in [6.45, 7) is 9.82. The molecule has 0 bridgehead atoms. The summed E-state index contributed by atoms with van der Waals surface area (Å²) < 4.78 is 0. The Bertz CT molecular complexity index is 218. The summed E-state index contributed by atoms with van der Waals surface area (Å²) in [7, 11) is 6.18. The molecule has 0 aliphatic rings. The highest BCUT2D eigenvalue weighted by Gasteiger charge is 1.98. The van der Waals surface area contributed by atoms with Crippen LogP contribution in [-0.4, -0.2) is 49.2 Å². The number of hydrogen-bond donors (Lipinski definition) is 0. The summed E-state index contributed by atoms with van der Waals surface area (Å²) in [6, 6.07) is 0. The van der Waals surface area contributed by atoms with Crippen LogP contribution in [0.25, 0.3) is 0 Å². The number of hydrogen-bond acceptors (Lipinski definition) is 3. The summed E-state index contributed by atoms with van der Waals surface area (Å²) in [5.41, 5.74) is 1.12. The summed E-state index contributed by atoms with van der Waals surface area (Å²) >= 11 is 5.63. The Balaban J connectivity index is 0. The zero-order chi connectivity index (χ0) is 13.1. The van der Waals surface area contributed by atoms with E-state index < -0.39 is 0 Å². The van der Waals surface area contributed by atoms with Crippen LogP contribution in [0.2, 0.25) is 0 Å². The van der Waals surface area contributed by atoms with Crippen LogP contribution in [-0.2, 0) is 0 Å². The lowest BCUT2D eigenvalue weighted by molar-refractivity contribution is 0.325. The van der Waals surface area contributed by atoms with Gasteiger partial charge in [0, 0.05) is 32.0 Å². The molecule has 0 atom stereocenters. The summed E-state index contributed by atoms with van der Waals surface area (Å²) in [6.07, 6.45) is 1.79. The van der Waals surface area contributed by atoms with Crippen molar-refractivity contribution in [3.05, 3.63) is 11.9 Å². The van der Waals surface area contributed by atoms with Gasteiger partial charge in [0.2, 0.25) is 0 Å². The quantitative estimate of drug-likeness (QED) is 0.696. The van der Waals surface area contributed by atoms with Crippen molar-refractivity contribution in [1.29, 1.82) is 0 Å². The van der Waals surface area contributed by atoms with Gasteiger partial charge in [-0.2, -0.15) is 0 Å². The summed E-state index contributed by atoms with van der Waals surface area (Å²) in [5, 5.41) is 0.561. The molecule has 0 amide bonds. The second-order valence-corrected chi connectivity index (χ2v) is 4.17. The highest BCUT2D eigenvalue weighted by Crippen LogP contribution is 2.00. The highest BCUT2D eigenvalue weighted by atomic mass is 35.5. The SMILES string of the molecule is CC.CC(Cl)=N/C=C(\C)N(C)CCN(C)C. The van der Waals surface area contributed by atoms with Crippen LogP contribution in [0.5, 0.6) is 0 Å². The molecule has 3 nitrogen and oxygen atoms in total. The third kappa shape index (κ3) is 11.5. The summed E-state index contributed by atoms with van der Waals surface area (Å²) in [4.78, 5) is 8.35. The lowest BCUT2D eigenvalue weighted by atomic mass is 10.4. The first-order valence-corrected chi connectivity index (χ1v) is 6.04. The molecule has 0 saturated heterocycles. The first kappa shape index (κ1) is 17.8. The average Bonchev–Trinajstić information content (AvgIpc) is 2.25. The Morgan fingerprint density at radius 2 is 1.62 bits per heavy atom. The van der Waals surface area contributed by atoms with Crippen molar-refractivity contribution in [2.24, 2.45) is 4.99 Å². The molecule has 0 unspecified atom stereocenters. The molecular weight excluding hydrogens is 222 g/mol. The van der Waals surface area contributed by atoms with Crippen LogP contribution in [0.4, 0.5) is 0 Å². The van der Waals surface area contributed by atoms with Gasteiger partial charge >= 0.3 is 0 Å². The zero-order valence-electron chi connectivity index (χ0n) is 11.7. The molecule has 0 aromatic rings. The Labute approximate surface area is 106 Å². The molecule has 0 aromatic carbocycles. The first-order valence-electron chi connectivity index (χ1n) is 5.66. The maximum atomic E-state index is 5.63. The molecule has 0 rings (SSSR count). The van der Waals surface area contributed by atoms with E-state index in [1.54, 1.807) is 13.1 Å². The van der Waals surface area contributed by atoms with Gasteiger partial charge in [-0.25, -0.2) is 4.99 Å². The Hall–Kier alpha value is -0.540.